The number of hydrogen-bond acceptors (Lipinski definition) is 2. The lowest BCUT2D eigenvalue weighted by atomic mass is 9.33. The van der Waals surface area contributed by atoms with E-state index >= 15 is 0 Å². The average molecular weight is 473 g/mol. The van der Waals surface area contributed by atoms with Gasteiger partial charge in [0.1, 0.15) is 0 Å². The molecule has 33 heavy (non-hydrogen) atoms. The Balaban J connectivity index is 1.59. The molecular weight excluding hydrogens is 428 g/mol. The molecule has 9 unspecified atom stereocenters. The van der Waals surface area contributed by atoms with E-state index in [2.05, 4.69) is 54.2 Å². The van der Waals surface area contributed by atoms with Gasteiger partial charge >= 0.3 is 0 Å². The first-order valence-corrected chi connectivity index (χ1v) is 13.9. The van der Waals surface area contributed by atoms with Crippen LogP contribution in [0.3, 0.4) is 0 Å². The number of halogens is 1. The standard InChI is InChI=1S/C30H45ClO2/c1-18(2)19-10-13-30(17-32)15-14-28(6)20(24(19)30)8-9-23-27(5)16-21(31)25(33)26(3,4)22(27)11-12-29(23,28)7/h16,19-20,22-24,32H,1,8-15,17H2,2-7H3. The molecule has 4 saturated carbocycles. The van der Waals surface area contributed by atoms with Crippen LogP contribution in [-0.4, -0.2) is 17.5 Å². The minimum absolute atomic E-state index is 0.0373. The molecule has 0 aromatic carbocycles. The number of carbonyl (C=O) groups is 1. The van der Waals surface area contributed by atoms with E-state index in [0.29, 0.717) is 41.2 Å². The molecular formula is C30H45ClO2. The summed E-state index contributed by atoms with van der Waals surface area (Å²) in [6.07, 6.45) is 11.6. The maximum absolute atomic E-state index is 13.0. The number of rotatable bonds is 2. The molecule has 2 nitrogen and oxygen atoms in total. The normalized spacial score (nSPS) is 52.8. The van der Waals surface area contributed by atoms with Crippen molar-refractivity contribution in [2.45, 2.75) is 92.9 Å². The summed E-state index contributed by atoms with van der Waals surface area (Å²) in [6, 6.07) is 0. The largest absolute Gasteiger partial charge is 0.396 e. The summed E-state index contributed by atoms with van der Waals surface area (Å²) >= 11 is 6.65. The number of carbonyl (C=O) groups excluding carboxylic acids is 1. The summed E-state index contributed by atoms with van der Waals surface area (Å²) in [5.41, 5.74) is 1.45. The van der Waals surface area contributed by atoms with E-state index in [1.54, 1.807) is 0 Å². The van der Waals surface area contributed by atoms with Crippen LogP contribution in [0.25, 0.3) is 0 Å². The van der Waals surface area contributed by atoms with Crippen molar-refractivity contribution in [3.05, 3.63) is 23.3 Å². The van der Waals surface area contributed by atoms with E-state index in [9.17, 15) is 9.90 Å². The number of Topliss-reactive ketones (excluding diaryl/α,β-unsaturated/α-hetero) is 1. The molecule has 0 saturated heterocycles. The molecule has 5 rings (SSSR count). The number of fused-ring (bicyclic) bond motifs is 7. The molecule has 0 amide bonds. The average Bonchev–Trinajstić information content (AvgIpc) is 3.13. The highest BCUT2D eigenvalue weighted by atomic mass is 35.5. The fourth-order valence-electron chi connectivity index (χ4n) is 11.0. The van der Waals surface area contributed by atoms with Gasteiger partial charge in [-0.05, 0) is 110 Å². The third kappa shape index (κ3) is 2.80. The predicted octanol–water partition coefficient (Wildman–Crippen LogP) is 7.55. The number of aliphatic hydroxyl groups is 1. The van der Waals surface area contributed by atoms with Crippen LogP contribution in [0.5, 0.6) is 0 Å². The van der Waals surface area contributed by atoms with Crippen LogP contribution in [0.15, 0.2) is 23.3 Å². The zero-order chi connectivity index (χ0) is 24.2. The Morgan fingerprint density at radius 2 is 1.70 bits per heavy atom. The van der Waals surface area contributed by atoms with Gasteiger partial charge in [-0.25, -0.2) is 0 Å². The fraction of sp³-hybridized carbons (Fsp3) is 0.833. The van der Waals surface area contributed by atoms with Crippen LogP contribution in [0, 0.1) is 56.7 Å². The SMILES string of the molecule is C=C(C)C1CCC2(CO)CCC3(C)C(CCC4C5(C)C=C(Cl)C(=O)C(C)(C)C5CCC43C)C12. The van der Waals surface area contributed by atoms with Gasteiger partial charge < -0.3 is 5.11 Å². The Morgan fingerprint density at radius 1 is 1.00 bits per heavy atom. The molecule has 0 aromatic rings. The van der Waals surface area contributed by atoms with Gasteiger partial charge in [0.25, 0.3) is 0 Å². The van der Waals surface area contributed by atoms with Crippen LogP contribution in [0.2, 0.25) is 0 Å². The fourth-order valence-corrected chi connectivity index (χ4v) is 11.5. The molecule has 1 N–H and O–H groups in total. The lowest BCUT2D eigenvalue weighted by molar-refractivity contribution is -0.221. The highest BCUT2D eigenvalue weighted by Gasteiger charge is 2.70. The number of aliphatic hydroxyl groups excluding tert-OH is 1. The zero-order valence-corrected chi connectivity index (χ0v) is 22.5. The molecule has 184 valence electrons. The maximum Gasteiger partial charge on any atom is 0.179 e. The molecule has 0 radical (unpaired) electrons. The highest BCUT2D eigenvalue weighted by Crippen LogP contribution is 2.77. The summed E-state index contributed by atoms with van der Waals surface area (Å²) in [6.45, 7) is 18.9. The van der Waals surface area contributed by atoms with Crippen LogP contribution >= 0.6 is 11.6 Å². The topological polar surface area (TPSA) is 37.3 Å². The Kier molecular flexibility index (Phi) is 5.27. The van der Waals surface area contributed by atoms with Gasteiger partial charge in [-0.3, -0.25) is 4.79 Å². The van der Waals surface area contributed by atoms with Gasteiger partial charge in [0.05, 0.1) is 5.03 Å². The van der Waals surface area contributed by atoms with E-state index in [-0.39, 0.29) is 27.4 Å². The van der Waals surface area contributed by atoms with Crippen molar-refractivity contribution in [3.63, 3.8) is 0 Å². The van der Waals surface area contributed by atoms with E-state index in [1.165, 1.54) is 37.7 Å². The first-order valence-electron chi connectivity index (χ1n) is 13.5. The molecule has 0 spiro atoms. The summed E-state index contributed by atoms with van der Waals surface area (Å²) in [5.74, 6) is 2.78. The Bertz CT molecular complexity index is 918. The van der Waals surface area contributed by atoms with Crippen LogP contribution in [-0.2, 0) is 4.79 Å². The van der Waals surface area contributed by atoms with Gasteiger partial charge in [0.2, 0.25) is 0 Å². The van der Waals surface area contributed by atoms with Crippen molar-refractivity contribution in [2.24, 2.45) is 56.7 Å². The second kappa shape index (κ2) is 7.22. The summed E-state index contributed by atoms with van der Waals surface area (Å²) in [4.78, 5) is 13.0. The van der Waals surface area contributed by atoms with Crippen LogP contribution < -0.4 is 0 Å². The van der Waals surface area contributed by atoms with Crippen LogP contribution in [0.4, 0.5) is 0 Å². The first-order chi connectivity index (χ1) is 15.3. The maximum atomic E-state index is 13.0. The summed E-state index contributed by atoms with van der Waals surface area (Å²) in [7, 11) is 0. The van der Waals surface area contributed by atoms with Crippen molar-refractivity contribution >= 4 is 17.4 Å². The Hall–Kier alpha value is -0.600. The lowest BCUT2D eigenvalue weighted by Gasteiger charge is -2.71. The number of ketones is 1. The monoisotopic (exact) mass is 472 g/mol. The number of hydrogen-bond donors (Lipinski definition) is 1. The van der Waals surface area contributed by atoms with Gasteiger partial charge in [0, 0.05) is 12.0 Å². The van der Waals surface area contributed by atoms with Crippen molar-refractivity contribution in [1.82, 2.24) is 0 Å². The van der Waals surface area contributed by atoms with E-state index in [0.717, 1.165) is 19.3 Å². The van der Waals surface area contributed by atoms with E-state index in [4.69, 9.17) is 11.6 Å². The lowest BCUT2D eigenvalue weighted by Crippen LogP contribution is -2.66. The predicted molar refractivity (Wildman–Crippen MR) is 136 cm³/mol. The highest BCUT2D eigenvalue weighted by molar-refractivity contribution is 6.43. The molecule has 0 aliphatic heterocycles. The van der Waals surface area contributed by atoms with Crippen LogP contribution in [0.1, 0.15) is 92.9 Å². The van der Waals surface area contributed by atoms with Gasteiger partial charge in [-0.2, -0.15) is 0 Å². The summed E-state index contributed by atoms with van der Waals surface area (Å²) in [5, 5.41) is 11.1. The number of allylic oxidation sites excluding steroid dienone is 3. The Labute approximate surface area is 206 Å². The third-order valence-corrected chi connectivity index (χ3v) is 13.1. The molecule has 3 heteroatoms. The van der Waals surface area contributed by atoms with Crippen molar-refractivity contribution in [2.75, 3.05) is 6.61 Å². The minimum Gasteiger partial charge on any atom is -0.396 e. The first kappa shape index (κ1) is 24.1. The zero-order valence-electron chi connectivity index (χ0n) is 21.8. The molecule has 0 heterocycles. The smallest absolute Gasteiger partial charge is 0.179 e. The third-order valence-electron chi connectivity index (χ3n) is 12.8. The second-order valence-electron chi connectivity index (χ2n) is 14.1. The van der Waals surface area contributed by atoms with E-state index in [1.807, 2.05) is 0 Å². The van der Waals surface area contributed by atoms with Crippen molar-refractivity contribution < 1.29 is 9.90 Å². The molecule has 0 bridgehead atoms. The molecule has 5 aliphatic carbocycles. The van der Waals surface area contributed by atoms with Gasteiger partial charge in [0.15, 0.2) is 5.78 Å². The minimum atomic E-state index is -0.394. The molecule has 0 aromatic heterocycles. The summed E-state index contributed by atoms with van der Waals surface area (Å²) < 4.78 is 0. The second-order valence-corrected chi connectivity index (χ2v) is 14.5. The molecule has 4 fully saturated rings. The van der Waals surface area contributed by atoms with Crippen molar-refractivity contribution in [1.29, 1.82) is 0 Å². The van der Waals surface area contributed by atoms with E-state index < -0.39 is 5.41 Å². The van der Waals surface area contributed by atoms with Crippen molar-refractivity contribution in [3.8, 4) is 0 Å². The molecule has 5 aliphatic rings. The van der Waals surface area contributed by atoms with Gasteiger partial charge in [-0.15, -0.1) is 0 Å². The van der Waals surface area contributed by atoms with Gasteiger partial charge in [-0.1, -0.05) is 64.4 Å². The molecule has 9 atom stereocenters. The quantitative estimate of drug-likeness (QED) is 0.421. The Morgan fingerprint density at radius 3 is 2.33 bits per heavy atom.